The summed E-state index contributed by atoms with van der Waals surface area (Å²) in [6.07, 6.45) is 1.71. The van der Waals surface area contributed by atoms with Crippen LogP contribution >= 0.6 is 23.1 Å². The minimum Gasteiger partial charge on any atom is -0.375 e. The summed E-state index contributed by atoms with van der Waals surface area (Å²) in [6, 6.07) is 0. The maximum atomic E-state index is 10.7. The lowest BCUT2D eigenvalue weighted by molar-refractivity contribution is -0.120. The molecule has 0 radical (unpaired) electrons. The zero-order valence-corrected chi connectivity index (χ0v) is 8.82. The minimum absolute atomic E-state index is 0.117. The van der Waals surface area contributed by atoms with E-state index in [1.807, 2.05) is 0 Å². The van der Waals surface area contributed by atoms with Gasteiger partial charge in [0.1, 0.15) is 0 Å². The molecule has 0 saturated heterocycles. The van der Waals surface area contributed by atoms with Crippen LogP contribution in [0.1, 0.15) is 6.92 Å². The van der Waals surface area contributed by atoms with Gasteiger partial charge in [-0.25, -0.2) is 4.98 Å². The average Bonchev–Trinajstić information content (AvgIpc) is 2.47. The topological polar surface area (TPSA) is 82.0 Å². The van der Waals surface area contributed by atoms with Gasteiger partial charge in [-0.05, 0) is 0 Å². The van der Waals surface area contributed by atoms with Crippen LogP contribution in [0.2, 0.25) is 0 Å². The lowest BCUT2D eigenvalue weighted by atomic mass is 10.2. The predicted octanol–water partition coefficient (Wildman–Crippen LogP) is 0.939. The van der Waals surface area contributed by atoms with Gasteiger partial charge >= 0.3 is 0 Å². The van der Waals surface area contributed by atoms with Gasteiger partial charge in [0.05, 0.1) is 10.4 Å². The molecule has 4 N–H and O–H groups in total. The Kier molecular flexibility index (Phi) is 3.56. The standard InChI is InChI=1S/C7H11N3OS2/c1-4(6(8)11)3-12-5-2-10-7(9)13-5/h2,4H,3H2,1H3,(H2,8,11)(H2,9,10). The molecule has 0 saturated carbocycles. The normalized spacial score (nSPS) is 12.7. The molecular weight excluding hydrogens is 206 g/mol. The smallest absolute Gasteiger partial charge is 0.221 e. The summed E-state index contributed by atoms with van der Waals surface area (Å²) in [5.74, 6) is 0.287. The average molecular weight is 217 g/mol. The van der Waals surface area contributed by atoms with E-state index in [4.69, 9.17) is 11.5 Å². The number of hydrogen-bond donors (Lipinski definition) is 2. The van der Waals surface area contributed by atoms with Gasteiger partial charge in [0.2, 0.25) is 5.91 Å². The van der Waals surface area contributed by atoms with Gasteiger partial charge in [-0.1, -0.05) is 18.3 Å². The first-order valence-corrected chi connectivity index (χ1v) is 5.53. The molecule has 1 heterocycles. The Morgan fingerprint density at radius 3 is 3.00 bits per heavy atom. The van der Waals surface area contributed by atoms with Gasteiger partial charge in [-0.15, -0.1) is 11.8 Å². The number of thioether (sulfide) groups is 1. The van der Waals surface area contributed by atoms with Crippen molar-refractivity contribution in [2.45, 2.75) is 11.1 Å². The molecule has 0 spiro atoms. The molecule has 0 bridgehead atoms. The fraction of sp³-hybridized carbons (Fsp3) is 0.429. The molecule has 0 aromatic carbocycles. The molecule has 0 aliphatic heterocycles. The van der Waals surface area contributed by atoms with E-state index in [2.05, 4.69) is 4.98 Å². The van der Waals surface area contributed by atoms with Gasteiger partial charge < -0.3 is 11.5 Å². The van der Waals surface area contributed by atoms with E-state index < -0.39 is 0 Å². The van der Waals surface area contributed by atoms with Crippen molar-refractivity contribution in [2.75, 3.05) is 11.5 Å². The van der Waals surface area contributed by atoms with E-state index in [9.17, 15) is 4.79 Å². The van der Waals surface area contributed by atoms with E-state index in [1.54, 1.807) is 24.9 Å². The molecule has 1 atom stereocenters. The second kappa shape index (κ2) is 4.48. The van der Waals surface area contributed by atoms with Crippen molar-refractivity contribution in [3.05, 3.63) is 6.20 Å². The molecule has 0 aliphatic carbocycles. The van der Waals surface area contributed by atoms with Crippen LogP contribution in [0.3, 0.4) is 0 Å². The minimum atomic E-state index is -0.273. The van der Waals surface area contributed by atoms with Crippen LogP contribution in [-0.2, 0) is 4.79 Å². The summed E-state index contributed by atoms with van der Waals surface area (Å²) in [5.41, 5.74) is 10.6. The highest BCUT2D eigenvalue weighted by Crippen LogP contribution is 2.27. The van der Waals surface area contributed by atoms with Crippen LogP contribution in [-0.4, -0.2) is 16.6 Å². The lowest BCUT2D eigenvalue weighted by Crippen LogP contribution is -2.22. The number of nitrogens with zero attached hydrogens (tertiary/aromatic N) is 1. The highest BCUT2D eigenvalue weighted by atomic mass is 32.2. The number of nitrogen functional groups attached to an aromatic ring is 1. The third-order valence-electron chi connectivity index (χ3n) is 1.46. The van der Waals surface area contributed by atoms with E-state index in [0.29, 0.717) is 10.9 Å². The number of carbonyl (C=O) groups is 1. The molecule has 1 aromatic rings. The number of rotatable bonds is 4. The van der Waals surface area contributed by atoms with Crippen LogP contribution in [0.5, 0.6) is 0 Å². The second-order valence-corrected chi connectivity index (χ2v) is 5.01. The summed E-state index contributed by atoms with van der Waals surface area (Å²) in [7, 11) is 0. The zero-order chi connectivity index (χ0) is 9.84. The first-order valence-electron chi connectivity index (χ1n) is 3.73. The van der Waals surface area contributed by atoms with E-state index in [0.717, 1.165) is 4.21 Å². The molecule has 1 rings (SSSR count). The van der Waals surface area contributed by atoms with Gasteiger partial charge in [0.15, 0.2) is 5.13 Å². The number of anilines is 1. The van der Waals surface area contributed by atoms with Crippen LogP contribution in [0.15, 0.2) is 10.4 Å². The summed E-state index contributed by atoms with van der Waals surface area (Å²) in [6.45, 7) is 1.81. The summed E-state index contributed by atoms with van der Waals surface area (Å²) in [4.78, 5) is 14.6. The number of amides is 1. The monoisotopic (exact) mass is 217 g/mol. The van der Waals surface area contributed by atoms with Crippen molar-refractivity contribution in [3.8, 4) is 0 Å². The Balaban J connectivity index is 2.39. The van der Waals surface area contributed by atoms with Crippen molar-refractivity contribution in [1.29, 1.82) is 0 Å². The molecule has 4 nitrogen and oxygen atoms in total. The SMILES string of the molecule is CC(CSc1cnc(N)s1)C(N)=O. The molecule has 72 valence electrons. The Hall–Kier alpha value is -0.750. The Labute approximate surface area is 84.7 Å². The molecular formula is C7H11N3OS2. The van der Waals surface area contributed by atoms with Crippen molar-refractivity contribution in [3.63, 3.8) is 0 Å². The summed E-state index contributed by atoms with van der Waals surface area (Å²) < 4.78 is 1.02. The molecule has 1 amide bonds. The molecule has 1 aromatic heterocycles. The third kappa shape index (κ3) is 3.23. The number of primary amides is 1. The van der Waals surface area contributed by atoms with Crippen LogP contribution in [0.4, 0.5) is 5.13 Å². The maximum Gasteiger partial charge on any atom is 0.221 e. The predicted molar refractivity (Wildman–Crippen MR) is 55.6 cm³/mol. The first-order chi connectivity index (χ1) is 6.09. The molecule has 0 fully saturated rings. The molecule has 13 heavy (non-hydrogen) atoms. The highest BCUT2D eigenvalue weighted by Gasteiger charge is 2.09. The van der Waals surface area contributed by atoms with Crippen molar-refractivity contribution in [1.82, 2.24) is 4.98 Å². The summed E-state index contributed by atoms with van der Waals surface area (Å²) >= 11 is 2.97. The fourth-order valence-electron chi connectivity index (χ4n) is 0.628. The summed E-state index contributed by atoms with van der Waals surface area (Å²) in [5, 5.41) is 0.550. The van der Waals surface area contributed by atoms with Crippen molar-refractivity contribution in [2.24, 2.45) is 11.7 Å². The fourth-order valence-corrected chi connectivity index (χ4v) is 2.45. The largest absolute Gasteiger partial charge is 0.375 e. The van der Waals surface area contributed by atoms with Gasteiger partial charge in [-0.2, -0.15) is 0 Å². The Bertz CT molecular complexity index is 300. The Morgan fingerprint density at radius 2 is 2.54 bits per heavy atom. The van der Waals surface area contributed by atoms with Crippen molar-refractivity contribution < 1.29 is 4.79 Å². The number of nitrogens with two attached hydrogens (primary N) is 2. The Morgan fingerprint density at radius 1 is 1.85 bits per heavy atom. The van der Waals surface area contributed by atoms with E-state index in [-0.39, 0.29) is 11.8 Å². The van der Waals surface area contributed by atoms with Crippen LogP contribution in [0, 0.1) is 5.92 Å². The van der Waals surface area contributed by atoms with Gasteiger partial charge in [0.25, 0.3) is 0 Å². The van der Waals surface area contributed by atoms with Gasteiger partial charge in [0, 0.05) is 11.7 Å². The second-order valence-electron chi connectivity index (χ2n) is 2.63. The molecule has 0 aliphatic rings. The third-order valence-corrected chi connectivity index (χ3v) is 3.74. The maximum absolute atomic E-state index is 10.7. The van der Waals surface area contributed by atoms with Crippen LogP contribution < -0.4 is 11.5 Å². The van der Waals surface area contributed by atoms with E-state index in [1.165, 1.54) is 11.3 Å². The van der Waals surface area contributed by atoms with Gasteiger partial charge in [-0.3, -0.25) is 4.79 Å². The molecule has 1 unspecified atom stereocenters. The number of carbonyl (C=O) groups excluding carboxylic acids is 1. The van der Waals surface area contributed by atoms with E-state index >= 15 is 0 Å². The highest BCUT2D eigenvalue weighted by molar-refractivity contribution is 8.01. The molecule has 6 heteroatoms. The lowest BCUT2D eigenvalue weighted by Gasteiger charge is -2.03. The van der Waals surface area contributed by atoms with Crippen LogP contribution in [0.25, 0.3) is 0 Å². The number of thiazole rings is 1. The zero-order valence-electron chi connectivity index (χ0n) is 7.19. The first kappa shape index (κ1) is 10.3. The van der Waals surface area contributed by atoms with Crippen molar-refractivity contribution >= 4 is 34.1 Å². The quantitative estimate of drug-likeness (QED) is 0.735. The number of hydrogen-bond acceptors (Lipinski definition) is 5. The number of aromatic nitrogens is 1.